The molecule has 0 spiro atoms. The van der Waals surface area contributed by atoms with Crippen molar-refractivity contribution in [2.75, 3.05) is 13.1 Å². The highest BCUT2D eigenvalue weighted by molar-refractivity contribution is 5.78. The van der Waals surface area contributed by atoms with Gasteiger partial charge in [-0.15, -0.1) is 6.42 Å². The van der Waals surface area contributed by atoms with E-state index < -0.39 is 17.7 Å². The first-order valence-electron chi connectivity index (χ1n) is 6.93. The zero-order chi connectivity index (χ0) is 16.6. The predicted octanol–water partition coefficient (Wildman–Crippen LogP) is 2.60. The van der Waals surface area contributed by atoms with Gasteiger partial charge >= 0.3 is 12.1 Å². The van der Waals surface area contributed by atoms with Crippen molar-refractivity contribution in [1.29, 1.82) is 0 Å². The molecule has 0 atom stereocenters. The Hall–Kier alpha value is -2.48. The summed E-state index contributed by atoms with van der Waals surface area (Å²) in [6, 6.07) is 9.28. The number of rotatable bonds is 5. The molecule has 1 aromatic rings. The van der Waals surface area contributed by atoms with Gasteiger partial charge in [-0.25, -0.2) is 4.79 Å². The topological polar surface area (TPSA) is 55.8 Å². The number of hydrogen-bond acceptors (Lipinski definition) is 4. The quantitative estimate of drug-likeness (QED) is 0.620. The van der Waals surface area contributed by atoms with E-state index in [1.165, 1.54) is 0 Å². The maximum absolute atomic E-state index is 12.0. The Morgan fingerprint density at radius 1 is 1.23 bits per heavy atom. The molecule has 118 valence electrons. The van der Waals surface area contributed by atoms with Gasteiger partial charge < -0.3 is 9.47 Å². The molecule has 5 nitrogen and oxygen atoms in total. The summed E-state index contributed by atoms with van der Waals surface area (Å²) in [6.45, 7) is 5.12. The fraction of sp³-hybridized carbons (Fsp3) is 0.412. The lowest BCUT2D eigenvalue weighted by molar-refractivity contribution is -0.146. The fourth-order valence-electron chi connectivity index (χ4n) is 1.56. The number of carbonyl (C=O) groups excluding carboxylic acids is 2. The van der Waals surface area contributed by atoms with Crippen molar-refractivity contribution in [3.8, 4) is 12.3 Å². The highest BCUT2D eigenvalue weighted by Crippen LogP contribution is 2.10. The summed E-state index contributed by atoms with van der Waals surface area (Å²) in [5, 5.41) is 0. The van der Waals surface area contributed by atoms with Gasteiger partial charge in [0.05, 0.1) is 6.54 Å². The van der Waals surface area contributed by atoms with Crippen LogP contribution < -0.4 is 0 Å². The van der Waals surface area contributed by atoms with Crippen molar-refractivity contribution in [3.05, 3.63) is 35.9 Å². The molecule has 0 heterocycles. The number of terminal acetylenes is 1. The standard InChI is InChI=1S/C17H21NO4/c1-5-11-18(16(20)22-17(2,3)4)12-15(19)21-13-14-9-7-6-8-10-14/h1,6-10H,11-13H2,2-4H3. The second-order valence-corrected chi connectivity index (χ2v) is 5.69. The van der Waals surface area contributed by atoms with Crippen LogP contribution in [0.4, 0.5) is 4.79 Å². The molecule has 0 aliphatic rings. The molecule has 5 heteroatoms. The molecule has 0 radical (unpaired) electrons. The number of hydrogen-bond donors (Lipinski definition) is 0. The van der Waals surface area contributed by atoms with Crippen molar-refractivity contribution in [1.82, 2.24) is 4.90 Å². The lowest BCUT2D eigenvalue weighted by Gasteiger charge is -2.25. The van der Waals surface area contributed by atoms with E-state index in [1.807, 2.05) is 30.3 Å². The predicted molar refractivity (Wildman–Crippen MR) is 82.9 cm³/mol. The Morgan fingerprint density at radius 3 is 2.41 bits per heavy atom. The second kappa shape index (κ2) is 8.08. The Balaban J connectivity index is 2.53. The monoisotopic (exact) mass is 303 g/mol. The van der Waals surface area contributed by atoms with Gasteiger partial charge in [0.15, 0.2) is 0 Å². The van der Waals surface area contributed by atoms with E-state index in [1.54, 1.807) is 20.8 Å². The van der Waals surface area contributed by atoms with E-state index in [2.05, 4.69) is 5.92 Å². The lowest BCUT2D eigenvalue weighted by atomic mass is 10.2. The van der Waals surface area contributed by atoms with Gasteiger partial charge in [0, 0.05) is 0 Å². The zero-order valence-electron chi connectivity index (χ0n) is 13.2. The van der Waals surface area contributed by atoms with Crippen molar-refractivity contribution in [2.24, 2.45) is 0 Å². The van der Waals surface area contributed by atoms with Gasteiger partial charge in [0.1, 0.15) is 18.8 Å². The molecule has 1 rings (SSSR count). The van der Waals surface area contributed by atoms with Crippen molar-refractivity contribution in [3.63, 3.8) is 0 Å². The molecule has 0 saturated carbocycles. The van der Waals surface area contributed by atoms with Crippen LogP contribution in [0, 0.1) is 12.3 Å². The molecule has 22 heavy (non-hydrogen) atoms. The minimum Gasteiger partial charge on any atom is -0.459 e. The number of nitrogens with zero attached hydrogens (tertiary/aromatic N) is 1. The summed E-state index contributed by atoms with van der Waals surface area (Å²) in [5.41, 5.74) is 0.217. The third-order valence-corrected chi connectivity index (χ3v) is 2.50. The van der Waals surface area contributed by atoms with E-state index in [-0.39, 0.29) is 19.7 Å². The van der Waals surface area contributed by atoms with Crippen molar-refractivity contribution < 1.29 is 19.1 Å². The molecule has 0 unspecified atom stereocenters. The highest BCUT2D eigenvalue weighted by Gasteiger charge is 2.23. The number of ether oxygens (including phenoxy) is 2. The number of benzene rings is 1. The first kappa shape index (κ1) is 17.6. The normalized spacial score (nSPS) is 10.5. The van der Waals surface area contributed by atoms with Gasteiger partial charge in [-0.2, -0.15) is 0 Å². The Labute approximate surface area is 131 Å². The third-order valence-electron chi connectivity index (χ3n) is 2.50. The Bertz CT molecular complexity index is 540. The van der Waals surface area contributed by atoms with Gasteiger partial charge in [-0.3, -0.25) is 9.69 Å². The average Bonchev–Trinajstić information content (AvgIpc) is 2.44. The number of carbonyl (C=O) groups is 2. The van der Waals surface area contributed by atoms with Gasteiger partial charge in [-0.1, -0.05) is 36.3 Å². The molecule has 0 aromatic heterocycles. The van der Waals surface area contributed by atoms with E-state index >= 15 is 0 Å². The van der Waals surface area contributed by atoms with Crippen molar-refractivity contribution in [2.45, 2.75) is 33.0 Å². The lowest BCUT2D eigenvalue weighted by Crippen LogP contribution is -2.40. The summed E-state index contributed by atoms with van der Waals surface area (Å²) >= 11 is 0. The van der Waals surface area contributed by atoms with E-state index in [9.17, 15) is 9.59 Å². The average molecular weight is 303 g/mol. The minimum absolute atomic E-state index is 0.0185. The van der Waals surface area contributed by atoms with Crippen LogP contribution in [0.1, 0.15) is 26.3 Å². The first-order chi connectivity index (χ1) is 10.3. The summed E-state index contributed by atoms with van der Waals surface area (Å²) in [6.07, 6.45) is 4.58. The summed E-state index contributed by atoms with van der Waals surface area (Å²) in [7, 11) is 0. The van der Waals surface area contributed by atoms with Crippen LogP contribution in [0.15, 0.2) is 30.3 Å². The largest absolute Gasteiger partial charge is 0.459 e. The maximum Gasteiger partial charge on any atom is 0.411 e. The molecule has 0 bridgehead atoms. The molecule has 0 fully saturated rings. The van der Waals surface area contributed by atoms with Crippen LogP contribution >= 0.6 is 0 Å². The van der Waals surface area contributed by atoms with Gasteiger partial charge in [0.2, 0.25) is 0 Å². The van der Waals surface area contributed by atoms with Crippen LogP contribution in [-0.4, -0.2) is 35.7 Å². The van der Waals surface area contributed by atoms with Gasteiger partial charge in [0.25, 0.3) is 0 Å². The second-order valence-electron chi connectivity index (χ2n) is 5.69. The van der Waals surface area contributed by atoms with E-state index in [0.29, 0.717) is 0 Å². The van der Waals surface area contributed by atoms with Crippen LogP contribution in [0.3, 0.4) is 0 Å². The first-order valence-corrected chi connectivity index (χ1v) is 6.93. The molecular formula is C17H21NO4. The molecule has 0 saturated heterocycles. The van der Waals surface area contributed by atoms with Crippen LogP contribution in [0.5, 0.6) is 0 Å². The molecule has 1 aromatic carbocycles. The number of esters is 1. The Kier molecular flexibility index (Phi) is 6.46. The third kappa shape index (κ3) is 6.80. The molecule has 0 N–H and O–H groups in total. The van der Waals surface area contributed by atoms with E-state index in [4.69, 9.17) is 15.9 Å². The van der Waals surface area contributed by atoms with Gasteiger partial charge in [-0.05, 0) is 26.3 Å². The fourth-order valence-corrected chi connectivity index (χ4v) is 1.56. The summed E-state index contributed by atoms with van der Waals surface area (Å²) < 4.78 is 10.3. The molecule has 0 aliphatic heterocycles. The summed E-state index contributed by atoms with van der Waals surface area (Å²) in [4.78, 5) is 24.9. The van der Waals surface area contributed by atoms with Crippen LogP contribution in [0.2, 0.25) is 0 Å². The zero-order valence-corrected chi connectivity index (χ0v) is 13.2. The van der Waals surface area contributed by atoms with Crippen molar-refractivity contribution >= 4 is 12.1 Å². The van der Waals surface area contributed by atoms with E-state index in [0.717, 1.165) is 10.5 Å². The van der Waals surface area contributed by atoms with Crippen LogP contribution in [-0.2, 0) is 20.9 Å². The summed E-state index contributed by atoms with van der Waals surface area (Å²) in [5.74, 6) is 1.79. The Morgan fingerprint density at radius 2 is 1.86 bits per heavy atom. The highest BCUT2D eigenvalue weighted by atomic mass is 16.6. The molecular weight excluding hydrogens is 282 g/mol. The molecule has 0 aliphatic carbocycles. The maximum atomic E-state index is 12.0. The molecule has 1 amide bonds. The SMILES string of the molecule is C#CCN(CC(=O)OCc1ccccc1)C(=O)OC(C)(C)C. The minimum atomic E-state index is -0.655. The smallest absolute Gasteiger partial charge is 0.411 e. The number of amides is 1. The van der Waals surface area contributed by atoms with Crippen LogP contribution in [0.25, 0.3) is 0 Å².